The second kappa shape index (κ2) is 5.73. The molecule has 8 heteroatoms. The Bertz CT molecular complexity index is 839. The van der Waals surface area contributed by atoms with E-state index in [4.69, 9.17) is 4.74 Å². The highest BCUT2D eigenvalue weighted by Crippen LogP contribution is 2.24. The Morgan fingerprint density at radius 3 is 2.56 bits per heavy atom. The standard InChI is InChI=1S/C17H16N4O4/c1-19-14(7-13(18-19)11-5-3-2-4-6-11)16(23)20-8-12(9-20)21-15(22)10-25-17(21)24/h2-7,12H,8-10H2,1H3. The van der Waals surface area contributed by atoms with Crippen LogP contribution in [0.2, 0.25) is 0 Å². The smallest absolute Gasteiger partial charge is 0.417 e. The summed E-state index contributed by atoms with van der Waals surface area (Å²) in [7, 11) is 1.72. The van der Waals surface area contributed by atoms with Crippen LogP contribution in [0.4, 0.5) is 4.79 Å². The number of cyclic esters (lactones) is 1. The highest BCUT2D eigenvalue weighted by Gasteiger charge is 2.44. The Labute approximate surface area is 143 Å². The molecule has 0 bridgehead atoms. The Balaban J connectivity index is 1.47. The van der Waals surface area contributed by atoms with Gasteiger partial charge in [0.15, 0.2) is 6.61 Å². The summed E-state index contributed by atoms with van der Waals surface area (Å²) in [6.45, 7) is 0.405. The first kappa shape index (κ1) is 15.4. The minimum absolute atomic E-state index is 0.173. The van der Waals surface area contributed by atoms with E-state index >= 15 is 0 Å². The second-order valence-corrected chi connectivity index (χ2v) is 6.09. The molecule has 2 saturated heterocycles. The fraction of sp³-hybridized carbons (Fsp3) is 0.294. The van der Waals surface area contributed by atoms with Crippen LogP contribution in [0.3, 0.4) is 0 Å². The van der Waals surface area contributed by atoms with Gasteiger partial charge in [-0.2, -0.15) is 5.10 Å². The SMILES string of the molecule is Cn1nc(-c2ccccc2)cc1C(=O)N1CC(N2C(=O)COC2=O)C1. The van der Waals surface area contributed by atoms with Gasteiger partial charge in [0, 0.05) is 25.7 Å². The fourth-order valence-corrected chi connectivity index (χ4v) is 3.08. The number of hydrogen-bond acceptors (Lipinski definition) is 5. The van der Waals surface area contributed by atoms with E-state index in [1.54, 1.807) is 22.7 Å². The van der Waals surface area contributed by atoms with Crippen molar-refractivity contribution in [1.29, 1.82) is 0 Å². The van der Waals surface area contributed by atoms with Crippen LogP contribution in [-0.4, -0.2) is 63.2 Å². The molecule has 0 N–H and O–H groups in total. The molecule has 3 heterocycles. The highest BCUT2D eigenvalue weighted by molar-refractivity contribution is 5.99. The zero-order valence-electron chi connectivity index (χ0n) is 13.6. The molecule has 2 aliphatic rings. The number of nitrogens with zero attached hydrogens (tertiary/aromatic N) is 4. The minimum atomic E-state index is -0.631. The molecule has 0 spiro atoms. The van der Waals surface area contributed by atoms with Crippen molar-refractivity contribution in [3.8, 4) is 11.3 Å². The molecule has 0 atom stereocenters. The van der Waals surface area contributed by atoms with E-state index in [1.165, 1.54) is 0 Å². The molecule has 0 unspecified atom stereocenters. The number of carbonyl (C=O) groups is 3. The summed E-state index contributed by atoms with van der Waals surface area (Å²) in [5.74, 6) is -0.526. The van der Waals surface area contributed by atoms with Gasteiger partial charge >= 0.3 is 6.09 Å². The monoisotopic (exact) mass is 340 g/mol. The van der Waals surface area contributed by atoms with Crippen LogP contribution < -0.4 is 0 Å². The molecular formula is C17H16N4O4. The molecule has 0 saturated carbocycles. The summed E-state index contributed by atoms with van der Waals surface area (Å²) in [5.41, 5.74) is 2.12. The number of ether oxygens (including phenoxy) is 1. The number of likely N-dealkylation sites (tertiary alicyclic amines) is 1. The Hall–Kier alpha value is -3.16. The van der Waals surface area contributed by atoms with E-state index < -0.39 is 6.09 Å². The first-order chi connectivity index (χ1) is 12.0. The normalized spacial score (nSPS) is 17.6. The predicted molar refractivity (Wildman–Crippen MR) is 86.5 cm³/mol. The number of carbonyl (C=O) groups excluding carboxylic acids is 3. The summed E-state index contributed by atoms with van der Waals surface area (Å²) < 4.78 is 6.26. The molecule has 0 radical (unpaired) electrons. The number of hydrogen-bond donors (Lipinski definition) is 0. The summed E-state index contributed by atoms with van der Waals surface area (Å²) >= 11 is 0. The molecule has 1 aromatic heterocycles. The average Bonchev–Trinajstić information content (AvgIpc) is 3.11. The summed E-state index contributed by atoms with van der Waals surface area (Å²) in [6.07, 6.45) is -0.631. The molecule has 4 rings (SSSR count). The minimum Gasteiger partial charge on any atom is -0.439 e. The van der Waals surface area contributed by atoms with Crippen LogP contribution in [0.25, 0.3) is 11.3 Å². The number of amides is 3. The molecule has 2 aliphatic heterocycles. The summed E-state index contributed by atoms with van der Waals surface area (Å²) in [6, 6.07) is 11.0. The molecule has 1 aromatic carbocycles. The third kappa shape index (κ3) is 2.55. The van der Waals surface area contributed by atoms with E-state index in [1.807, 2.05) is 30.3 Å². The van der Waals surface area contributed by atoms with Crippen molar-refractivity contribution in [2.24, 2.45) is 7.05 Å². The zero-order valence-corrected chi connectivity index (χ0v) is 13.6. The molecule has 0 aliphatic carbocycles. The van der Waals surface area contributed by atoms with Crippen molar-refractivity contribution in [3.63, 3.8) is 0 Å². The Kier molecular flexibility index (Phi) is 3.52. The summed E-state index contributed by atoms with van der Waals surface area (Å²) in [4.78, 5) is 38.5. The van der Waals surface area contributed by atoms with Crippen LogP contribution in [0, 0.1) is 0 Å². The van der Waals surface area contributed by atoms with Crippen LogP contribution >= 0.6 is 0 Å². The van der Waals surface area contributed by atoms with Gasteiger partial charge in [-0.15, -0.1) is 0 Å². The highest BCUT2D eigenvalue weighted by atomic mass is 16.6. The number of aryl methyl sites for hydroxylation is 1. The lowest BCUT2D eigenvalue weighted by molar-refractivity contribution is -0.129. The van der Waals surface area contributed by atoms with Crippen LogP contribution in [-0.2, 0) is 16.6 Å². The Morgan fingerprint density at radius 1 is 1.20 bits per heavy atom. The van der Waals surface area contributed by atoms with Crippen molar-refractivity contribution in [2.75, 3.05) is 19.7 Å². The second-order valence-electron chi connectivity index (χ2n) is 6.09. The first-order valence-corrected chi connectivity index (χ1v) is 7.92. The van der Waals surface area contributed by atoms with Crippen molar-refractivity contribution >= 4 is 17.9 Å². The molecule has 25 heavy (non-hydrogen) atoms. The lowest BCUT2D eigenvalue weighted by Gasteiger charge is -2.41. The fourth-order valence-electron chi connectivity index (χ4n) is 3.08. The molecule has 2 fully saturated rings. The maximum absolute atomic E-state index is 12.7. The molecular weight excluding hydrogens is 324 g/mol. The Morgan fingerprint density at radius 2 is 1.92 bits per heavy atom. The number of aromatic nitrogens is 2. The van der Waals surface area contributed by atoms with E-state index in [2.05, 4.69) is 5.10 Å². The maximum atomic E-state index is 12.7. The number of imide groups is 1. The van der Waals surface area contributed by atoms with E-state index in [-0.39, 0.29) is 24.5 Å². The van der Waals surface area contributed by atoms with Crippen molar-refractivity contribution in [3.05, 3.63) is 42.1 Å². The third-order valence-electron chi connectivity index (χ3n) is 4.47. The van der Waals surface area contributed by atoms with Crippen LogP contribution in [0.5, 0.6) is 0 Å². The average molecular weight is 340 g/mol. The van der Waals surface area contributed by atoms with Gasteiger partial charge in [-0.3, -0.25) is 14.3 Å². The third-order valence-corrected chi connectivity index (χ3v) is 4.47. The van der Waals surface area contributed by atoms with Gasteiger partial charge in [0.25, 0.3) is 11.8 Å². The molecule has 8 nitrogen and oxygen atoms in total. The number of benzene rings is 1. The van der Waals surface area contributed by atoms with Crippen molar-refractivity contribution < 1.29 is 19.1 Å². The quantitative estimate of drug-likeness (QED) is 0.828. The van der Waals surface area contributed by atoms with Gasteiger partial charge in [0.2, 0.25) is 0 Å². The van der Waals surface area contributed by atoms with Crippen LogP contribution in [0.1, 0.15) is 10.5 Å². The number of rotatable bonds is 3. The molecule has 3 amide bonds. The van der Waals surface area contributed by atoms with Gasteiger partial charge in [0.1, 0.15) is 5.69 Å². The van der Waals surface area contributed by atoms with Gasteiger partial charge in [-0.1, -0.05) is 30.3 Å². The summed E-state index contributed by atoms with van der Waals surface area (Å²) in [5, 5.41) is 4.39. The van der Waals surface area contributed by atoms with E-state index in [0.29, 0.717) is 18.8 Å². The lowest BCUT2D eigenvalue weighted by Crippen LogP contribution is -2.62. The largest absolute Gasteiger partial charge is 0.439 e. The lowest BCUT2D eigenvalue weighted by atomic mass is 10.1. The topological polar surface area (TPSA) is 84.7 Å². The van der Waals surface area contributed by atoms with Gasteiger partial charge in [0.05, 0.1) is 11.7 Å². The van der Waals surface area contributed by atoms with Gasteiger partial charge < -0.3 is 9.64 Å². The van der Waals surface area contributed by atoms with Crippen molar-refractivity contribution in [2.45, 2.75) is 6.04 Å². The first-order valence-electron chi connectivity index (χ1n) is 7.92. The van der Waals surface area contributed by atoms with E-state index in [9.17, 15) is 14.4 Å². The zero-order chi connectivity index (χ0) is 17.6. The van der Waals surface area contributed by atoms with Gasteiger partial charge in [-0.25, -0.2) is 9.69 Å². The molecule has 2 aromatic rings. The molecule has 128 valence electrons. The maximum Gasteiger partial charge on any atom is 0.417 e. The van der Waals surface area contributed by atoms with E-state index in [0.717, 1.165) is 16.2 Å². The van der Waals surface area contributed by atoms with Crippen LogP contribution in [0.15, 0.2) is 36.4 Å². The van der Waals surface area contributed by atoms with Gasteiger partial charge in [-0.05, 0) is 6.07 Å². The predicted octanol–water partition coefficient (Wildman–Crippen LogP) is 0.890. The van der Waals surface area contributed by atoms with Crippen molar-refractivity contribution in [1.82, 2.24) is 19.6 Å².